The summed E-state index contributed by atoms with van der Waals surface area (Å²) in [4.78, 5) is 20.1. The molecule has 1 N–H and O–H groups in total. The number of amides is 1. The minimum Gasteiger partial charge on any atom is -0.333 e. The van der Waals surface area contributed by atoms with Crippen molar-refractivity contribution in [2.24, 2.45) is 7.05 Å². The maximum absolute atomic E-state index is 13.4. The van der Waals surface area contributed by atoms with Gasteiger partial charge in [0.05, 0.1) is 22.3 Å². The molecule has 0 saturated carbocycles. The maximum Gasteiger partial charge on any atom is 0.255 e. The average molecular weight is 349 g/mol. The topological polar surface area (TPSA) is 63.1 Å². The third-order valence-corrected chi connectivity index (χ3v) is 5.03. The van der Waals surface area contributed by atoms with Crippen molar-refractivity contribution in [2.75, 3.05) is 19.6 Å². The molecule has 0 radical (unpaired) electrons. The number of rotatable bonds is 2. The molecule has 3 heterocycles. The summed E-state index contributed by atoms with van der Waals surface area (Å²) in [7, 11) is 1.87. The maximum atomic E-state index is 13.4. The van der Waals surface area contributed by atoms with Gasteiger partial charge < -0.3 is 10.2 Å². The standard InChI is InChI=1S/C20H23N5O/c1-13-12-21-9-10-25(13)20(26)16-11-17(15-7-5-4-6-8-15)22-19-18(16)14(2)23-24(19)3/h4-8,11,13,21H,9-10,12H2,1-3H3. The largest absolute Gasteiger partial charge is 0.333 e. The molecule has 6 heteroatoms. The molecule has 4 rings (SSSR count). The molecule has 6 nitrogen and oxygen atoms in total. The van der Waals surface area contributed by atoms with Gasteiger partial charge in [0, 0.05) is 38.3 Å². The van der Waals surface area contributed by atoms with Gasteiger partial charge in [-0.25, -0.2) is 4.98 Å². The van der Waals surface area contributed by atoms with Gasteiger partial charge in [0.25, 0.3) is 5.91 Å². The fourth-order valence-electron chi connectivity index (χ4n) is 3.67. The Morgan fingerprint density at radius 1 is 1.27 bits per heavy atom. The number of nitrogens with zero attached hydrogens (tertiary/aromatic N) is 4. The molecule has 26 heavy (non-hydrogen) atoms. The van der Waals surface area contributed by atoms with Crippen molar-refractivity contribution in [1.82, 2.24) is 25.0 Å². The molecule has 1 unspecified atom stereocenters. The number of fused-ring (bicyclic) bond motifs is 1. The van der Waals surface area contributed by atoms with Gasteiger partial charge >= 0.3 is 0 Å². The predicted molar refractivity (Wildman–Crippen MR) is 102 cm³/mol. The lowest BCUT2D eigenvalue weighted by Crippen LogP contribution is -2.52. The number of carbonyl (C=O) groups is 1. The van der Waals surface area contributed by atoms with E-state index in [1.165, 1.54) is 0 Å². The Morgan fingerprint density at radius 3 is 2.77 bits per heavy atom. The minimum absolute atomic E-state index is 0.0553. The van der Waals surface area contributed by atoms with Crippen molar-refractivity contribution in [3.05, 3.63) is 47.7 Å². The first-order valence-electron chi connectivity index (χ1n) is 8.97. The number of aryl methyl sites for hydroxylation is 2. The number of benzene rings is 1. The monoisotopic (exact) mass is 349 g/mol. The van der Waals surface area contributed by atoms with Crippen molar-refractivity contribution in [3.8, 4) is 11.3 Å². The van der Waals surface area contributed by atoms with E-state index in [4.69, 9.17) is 4.98 Å². The number of pyridine rings is 1. The van der Waals surface area contributed by atoms with Crippen molar-refractivity contribution in [1.29, 1.82) is 0 Å². The fourth-order valence-corrected chi connectivity index (χ4v) is 3.67. The van der Waals surface area contributed by atoms with Crippen molar-refractivity contribution in [3.63, 3.8) is 0 Å². The third kappa shape index (κ3) is 2.76. The summed E-state index contributed by atoms with van der Waals surface area (Å²) < 4.78 is 1.76. The molecule has 1 aliphatic heterocycles. The Labute approximate surface area is 152 Å². The van der Waals surface area contributed by atoms with Crippen LogP contribution in [0.4, 0.5) is 0 Å². The van der Waals surface area contributed by atoms with Gasteiger partial charge in [0.1, 0.15) is 0 Å². The second-order valence-electron chi connectivity index (χ2n) is 6.88. The van der Waals surface area contributed by atoms with Crippen LogP contribution in [0.1, 0.15) is 23.0 Å². The van der Waals surface area contributed by atoms with E-state index < -0.39 is 0 Å². The van der Waals surface area contributed by atoms with E-state index in [0.29, 0.717) is 12.1 Å². The second kappa shape index (κ2) is 6.53. The Morgan fingerprint density at radius 2 is 2.04 bits per heavy atom. The van der Waals surface area contributed by atoms with Crippen LogP contribution in [0.5, 0.6) is 0 Å². The lowest BCUT2D eigenvalue weighted by atomic mass is 10.0. The summed E-state index contributed by atoms with van der Waals surface area (Å²) in [5.41, 5.74) is 4.06. The van der Waals surface area contributed by atoms with Crippen LogP contribution < -0.4 is 5.32 Å². The summed E-state index contributed by atoms with van der Waals surface area (Å²) in [6.45, 7) is 6.37. The molecule has 0 spiro atoms. The normalized spacial score (nSPS) is 17.7. The number of aromatic nitrogens is 3. The van der Waals surface area contributed by atoms with E-state index in [9.17, 15) is 4.79 Å². The Kier molecular flexibility index (Phi) is 4.20. The molecule has 3 aromatic rings. The Bertz CT molecular complexity index is 963. The molecule has 1 aliphatic rings. The molecular formula is C20H23N5O. The molecule has 1 aromatic carbocycles. The van der Waals surface area contributed by atoms with Crippen LogP contribution in [0.25, 0.3) is 22.3 Å². The highest BCUT2D eigenvalue weighted by molar-refractivity contribution is 6.07. The first-order chi connectivity index (χ1) is 12.6. The SMILES string of the molecule is Cc1nn(C)c2nc(-c3ccccc3)cc(C(=O)N3CCNCC3C)c12. The van der Waals surface area contributed by atoms with E-state index in [1.807, 2.05) is 55.3 Å². The molecule has 1 fully saturated rings. The summed E-state index contributed by atoms with van der Waals surface area (Å²) in [6, 6.07) is 12.0. The smallest absolute Gasteiger partial charge is 0.255 e. The van der Waals surface area contributed by atoms with Crippen LogP contribution in [0, 0.1) is 6.92 Å². The summed E-state index contributed by atoms with van der Waals surface area (Å²) in [6.07, 6.45) is 0. The minimum atomic E-state index is 0.0553. The number of carbonyl (C=O) groups excluding carboxylic acids is 1. The van der Waals surface area contributed by atoms with Crippen LogP contribution in [0.15, 0.2) is 36.4 Å². The average Bonchev–Trinajstić information content (AvgIpc) is 2.95. The summed E-state index contributed by atoms with van der Waals surface area (Å²) in [5, 5.41) is 8.69. The van der Waals surface area contributed by atoms with Crippen molar-refractivity contribution < 1.29 is 4.79 Å². The first kappa shape index (κ1) is 16.7. The van der Waals surface area contributed by atoms with E-state index in [2.05, 4.69) is 17.3 Å². The third-order valence-electron chi connectivity index (χ3n) is 5.03. The molecule has 2 aromatic heterocycles. The molecular weight excluding hydrogens is 326 g/mol. The van der Waals surface area contributed by atoms with Crippen LogP contribution >= 0.6 is 0 Å². The quantitative estimate of drug-likeness (QED) is 0.772. The lowest BCUT2D eigenvalue weighted by molar-refractivity contribution is 0.0657. The first-order valence-corrected chi connectivity index (χ1v) is 8.97. The molecule has 1 atom stereocenters. The highest BCUT2D eigenvalue weighted by Crippen LogP contribution is 2.28. The highest BCUT2D eigenvalue weighted by Gasteiger charge is 2.27. The Balaban J connectivity index is 1.90. The lowest BCUT2D eigenvalue weighted by Gasteiger charge is -2.34. The number of hydrogen-bond donors (Lipinski definition) is 1. The zero-order valence-corrected chi connectivity index (χ0v) is 15.4. The van der Waals surface area contributed by atoms with Crippen LogP contribution in [-0.4, -0.2) is 51.2 Å². The van der Waals surface area contributed by atoms with Crippen LogP contribution in [0.3, 0.4) is 0 Å². The molecule has 1 amide bonds. The summed E-state index contributed by atoms with van der Waals surface area (Å²) in [5.74, 6) is 0.0553. The molecule has 134 valence electrons. The van der Waals surface area contributed by atoms with Crippen molar-refractivity contribution >= 4 is 16.9 Å². The summed E-state index contributed by atoms with van der Waals surface area (Å²) >= 11 is 0. The van der Waals surface area contributed by atoms with E-state index in [1.54, 1.807) is 4.68 Å². The highest BCUT2D eigenvalue weighted by atomic mass is 16.2. The van der Waals surface area contributed by atoms with Gasteiger partial charge in [0.2, 0.25) is 0 Å². The molecule has 0 aliphatic carbocycles. The van der Waals surface area contributed by atoms with Crippen LogP contribution in [0.2, 0.25) is 0 Å². The van der Waals surface area contributed by atoms with Gasteiger partial charge in [-0.3, -0.25) is 9.48 Å². The number of nitrogens with one attached hydrogen (secondary N) is 1. The fraction of sp³-hybridized carbons (Fsp3) is 0.350. The second-order valence-corrected chi connectivity index (χ2v) is 6.88. The van der Waals surface area contributed by atoms with E-state index in [-0.39, 0.29) is 11.9 Å². The molecule has 1 saturated heterocycles. The number of hydrogen-bond acceptors (Lipinski definition) is 4. The van der Waals surface area contributed by atoms with Gasteiger partial charge in [-0.15, -0.1) is 0 Å². The number of piperazine rings is 1. The zero-order valence-electron chi connectivity index (χ0n) is 15.4. The zero-order chi connectivity index (χ0) is 18.3. The van der Waals surface area contributed by atoms with Gasteiger partial charge in [-0.05, 0) is 19.9 Å². The molecule has 0 bridgehead atoms. The van der Waals surface area contributed by atoms with E-state index in [0.717, 1.165) is 41.1 Å². The Hall–Kier alpha value is -2.73. The van der Waals surface area contributed by atoms with Gasteiger partial charge in [0.15, 0.2) is 5.65 Å². The van der Waals surface area contributed by atoms with Gasteiger partial charge in [-0.1, -0.05) is 30.3 Å². The van der Waals surface area contributed by atoms with Crippen LogP contribution in [-0.2, 0) is 7.05 Å². The van der Waals surface area contributed by atoms with Gasteiger partial charge in [-0.2, -0.15) is 5.10 Å². The van der Waals surface area contributed by atoms with Crippen molar-refractivity contribution in [2.45, 2.75) is 19.9 Å². The van der Waals surface area contributed by atoms with E-state index >= 15 is 0 Å². The predicted octanol–water partition coefficient (Wildman–Crippen LogP) is 2.38.